The standard InChI is InChI=1S/C25H28N2O3/c1-5-27-16-22(15-26-27)24(28)12-6-19-7-13-25(29-4)21(14-19)17-30-23-10-8-20(9-11-23)18(2)3/h6-16,18H,5,17H2,1-4H3/b12-6+. The van der Waals surface area contributed by atoms with Crippen LogP contribution in [-0.2, 0) is 13.2 Å². The van der Waals surface area contributed by atoms with Crippen molar-refractivity contribution in [3.05, 3.63) is 83.2 Å². The molecule has 5 nitrogen and oxygen atoms in total. The molecule has 0 aliphatic heterocycles. The van der Waals surface area contributed by atoms with Crippen LogP contribution in [0, 0.1) is 0 Å². The largest absolute Gasteiger partial charge is 0.496 e. The molecule has 0 saturated heterocycles. The Morgan fingerprint density at radius 2 is 1.93 bits per heavy atom. The number of carbonyl (C=O) groups is 1. The summed E-state index contributed by atoms with van der Waals surface area (Å²) in [6.07, 6.45) is 6.71. The maximum atomic E-state index is 12.4. The number of aromatic nitrogens is 2. The van der Waals surface area contributed by atoms with Gasteiger partial charge in [-0.25, -0.2) is 0 Å². The average Bonchev–Trinajstić information content (AvgIpc) is 3.26. The van der Waals surface area contributed by atoms with Crippen molar-refractivity contribution in [3.8, 4) is 11.5 Å². The van der Waals surface area contributed by atoms with Crippen LogP contribution in [0.2, 0.25) is 0 Å². The van der Waals surface area contributed by atoms with Crippen molar-refractivity contribution >= 4 is 11.9 Å². The molecule has 0 fully saturated rings. The topological polar surface area (TPSA) is 53.4 Å². The lowest BCUT2D eigenvalue weighted by Crippen LogP contribution is -2.00. The third kappa shape index (κ3) is 5.38. The molecule has 30 heavy (non-hydrogen) atoms. The Balaban J connectivity index is 1.70. The second-order valence-electron chi connectivity index (χ2n) is 7.37. The van der Waals surface area contributed by atoms with Crippen molar-refractivity contribution < 1.29 is 14.3 Å². The Bertz CT molecular complexity index is 1020. The van der Waals surface area contributed by atoms with Gasteiger partial charge in [0, 0.05) is 18.3 Å². The van der Waals surface area contributed by atoms with Crippen LogP contribution in [0.3, 0.4) is 0 Å². The Hall–Kier alpha value is -3.34. The third-order valence-electron chi connectivity index (χ3n) is 4.91. The number of allylic oxidation sites excluding steroid dienone is 1. The summed E-state index contributed by atoms with van der Waals surface area (Å²) in [7, 11) is 1.64. The molecule has 3 rings (SSSR count). The molecule has 0 aliphatic rings. The van der Waals surface area contributed by atoms with Gasteiger partial charge in [0.1, 0.15) is 18.1 Å². The number of methoxy groups -OCH3 is 1. The van der Waals surface area contributed by atoms with Gasteiger partial charge in [-0.3, -0.25) is 9.48 Å². The summed E-state index contributed by atoms with van der Waals surface area (Å²) in [4.78, 5) is 12.4. The minimum absolute atomic E-state index is 0.0754. The van der Waals surface area contributed by atoms with Crippen molar-refractivity contribution in [2.75, 3.05) is 7.11 Å². The molecular weight excluding hydrogens is 376 g/mol. The van der Waals surface area contributed by atoms with E-state index < -0.39 is 0 Å². The predicted molar refractivity (Wildman–Crippen MR) is 119 cm³/mol. The lowest BCUT2D eigenvalue weighted by molar-refractivity contribution is 0.104. The van der Waals surface area contributed by atoms with Crippen LogP contribution in [0.15, 0.2) is 60.9 Å². The smallest absolute Gasteiger partial charge is 0.189 e. The number of carbonyl (C=O) groups excluding carboxylic acids is 1. The fourth-order valence-corrected chi connectivity index (χ4v) is 3.06. The van der Waals surface area contributed by atoms with Gasteiger partial charge in [-0.15, -0.1) is 0 Å². The van der Waals surface area contributed by atoms with Gasteiger partial charge in [-0.2, -0.15) is 5.10 Å². The average molecular weight is 405 g/mol. The van der Waals surface area contributed by atoms with E-state index in [1.165, 1.54) is 5.56 Å². The summed E-state index contributed by atoms with van der Waals surface area (Å²) in [5, 5.41) is 4.14. The molecule has 1 aromatic heterocycles. The summed E-state index contributed by atoms with van der Waals surface area (Å²) >= 11 is 0. The molecule has 0 bridgehead atoms. The molecule has 0 amide bonds. The number of rotatable bonds is 9. The molecular formula is C25H28N2O3. The minimum Gasteiger partial charge on any atom is -0.496 e. The van der Waals surface area contributed by atoms with Gasteiger partial charge in [-0.1, -0.05) is 38.1 Å². The monoisotopic (exact) mass is 404 g/mol. The van der Waals surface area contributed by atoms with Gasteiger partial charge in [0.2, 0.25) is 0 Å². The van der Waals surface area contributed by atoms with Crippen LogP contribution in [0.1, 0.15) is 53.7 Å². The van der Waals surface area contributed by atoms with E-state index in [9.17, 15) is 4.79 Å². The van der Waals surface area contributed by atoms with E-state index in [4.69, 9.17) is 9.47 Å². The summed E-state index contributed by atoms with van der Waals surface area (Å²) in [6.45, 7) is 7.43. The van der Waals surface area contributed by atoms with E-state index in [2.05, 4.69) is 31.1 Å². The lowest BCUT2D eigenvalue weighted by atomic mass is 10.0. The Morgan fingerprint density at radius 1 is 1.17 bits per heavy atom. The first-order valence-electron chi connectivity index (χ1n) is 10.1. The number of nitrogens with zero attached hydrogens (tertiary/aromatic N) is 2. The van der Waals surface area contributed by atoms with Crippen LogP contribution in [0.4, 0.5) is 0 Å². The molecule has 0 radical (unpaired) electrons. The van der Waals surface area contributed by atoms with Crippen molar-refractivity contribution in [1.82, 2.24) is 9.78 Å². The first-order valence-corrected chi connectivity index (χ1v) is 10.1. The predicted octanol–water partition coefficient (Wildman–Crippen LogP) is 5.51. The maximum Gasteiger partial charge on any atom is 0.189 e. The van der Waals surface area contributed by atoms with Crippen molar-refractivity contribution in [1.29, 1.82) is 0 Å². The molecule has 0 atom stereocenters. The van der Waals surface area contributed by atoms with Gasteiger partial charge < -0.3 is 9.47 Å². The number of hydrogen-bond acceptors (Lipinski definition) is 4. The first-order chi connectivity index (χ1) is 14.5. The molecule has 1 heterocycles. The lowest BCUT2D eigenvalue weighted by Gasteiger charge is -2.12. The molecule has 0 unspecified atom stereocenters. The summed E-state index contributed by atoms with van der Waals surface area (Å²) in [6, 6.07) is 13.9. The molecule has 0 saturated carbocycles. The van der Waals surface area contributed by atoms with E-state index in [1.807, 2.05) is 37.3 Å². The Kier molecular flexibility index (Phi) is 7.07. The summed E-state index contributed by atoms with van der Waals surface area (Å²) in [5.74, 6) is 1.97. The SMILES string of the molecule is CCn1cc(C(=O)/C=C/c2ccc(OC)c(COc3ccc(C(C)C)cc3)c2)cn1. The molecule has 0 aliphatic carbocycles. The zero-order valence-corrected chi connectivity index (χ0v) is 18.0. The zero-order valence-electron chi connectivity index (χ0n) is 18.0. The summed E-state index contributed by atoms with van der Waals surface area (Å²) in [5.41, 5.74) is 3.68. The van der Waals surface area contributed by atoms with Gasteiger partial charge in [0.05, 0.1) is 18.9 Å². The molecule has 5 heteroatoms. The molecule has 3 aromatic rings. The zero-order chi connectivity index (χ0) is 21.5. The Morgan fingerprint density at radius 3 is 2.57 bits per heavy atom. The maximum absolute atomic E-state index is 12.4. The minimum atomic E-state index is -0.0754. The van der Waals surface area contributed by atoms with Gasteiger partial charge >= 0.3 is 0 Å². The van der Waals surface area contributed by atoms with Crippen molar-refractivity contribution in [2.45, 2.75) is 39.8 Å². The number of benzene rings is 2. The van der Waals surface area contributed by atoms with E-state index >= 15 is 0 Å². The first kappa shape index (κ1) is 21.4. The highest BCUT2D eigenvalue weighted by atomic mass is 16.5. The van der Waals surface area contributed by atoms with Gasteiger partial charge in [0.25, 0.3) is 0 Å². The number of ether oxygens (including phenoxy) is 2. The van der Waals surface area contributed by atoms with Crippen LogP contribution < -0.4 is 9.47 Å². The summed E-state index contributed by atoms with van der Waals surface area (Å²) < 4.78 is 13.2. The van der Waals surface area contributed by atoms with Crippen LogP contribution in [0.25, 0.3) is 6.08 Å². The highest BCUT2D eigenvalue weighted by molar-refractivity contribution is 6.06. The van der Waals surface area contributed by atoms with E-state index in [-0.39, 0.29) is 5.78 Å². The third-order valence-corrected chi connectivity index (χ3v) is 4.91. The quantitative estimate of drug-likeness (QED) is 0.349. The normalized spacial score (nSPS) is 11.2. The van der Waals surface area contributed by atoms with Crippen LogP contribution >= 0.6 is 0 Å². The van der Waals surface area contributed by atoms with Crippen LogP contribution in [-0.4, -0.2) is 22.7 Å². The molecule has 0 spiro atoms. The fraction of sp³-hybridized carbons (Fsp3) is 0.280. The van der Waals surface area contributed by atoms with Crippen molar-refractivity contribution in [2.24, 2.45) is 0 Å². The number of hydrogen-bond donors (Lipinski definition) is 0. The number of ketones is 1. The molecule has 0 N–H and O–H groups in total. The van der Waals surface area contributed by atoms with Crippen molar-refractivity contribution in [3.63, 3.8) is 0 Å². The highest BCUT2D eigenvalue weighted by Crippen LogP contribution is 2.24. The Labute approximate surface area is 178 Å². The molecule has 2 aromatic carbocycles. The van der Waals surface area contributed by atoms with E-state index in [0.717, 1.165) is 29.2 Å². The second-order valence-corrected chi connectivity index (χ2v) is 7.37. The van der Waals surface area contributed by atoms with E-state index in [0.29, 0.717) is 18.1 Å². The van der Waals surface area contributed by atoms with Crippen LogP contribution in [0.5, 0.6) is 11.5 Å². The second kappa shape index (κ2) is 9.92. The number of aryl methyl sites for hydroxylation is 1. The van der Waals surface area contributed by atoms with Gasteiger partial charge in [-0.05, 0) is 54.3 Å². The van der Waals surface area contributed by atoms with E-state index in [1.54, 1.807) is 36.3 Å². The van der Waals surface area contributed by atoms with Gasteiger partial charge in [0.15, 0.2) is 5.78 Å². The molecule has 156 valence electrons. The highest BCUT2D eigenvalue weighted by Gasteiger charge is 2.08. The fourth-order valence-electron chi connectivity index (χ4n) is 3.06.